The van der Waals surface area contributed by atoms with Crippen LogP contribution in [0.25, 0.3) is 0 Å². The molecule has 0 aromatic heterocycles. The molecule has 2 rings (SSSR count). The summed E-state index contributed by atoms with van der Waals surface area (Å²) < 4.78 is 0.942. The summed E-state index contributed by atoms with van der Waals surface area (Å²) in [6.07, 6.45) is 1.63. The number of halogens is 1. The number of carbonyl (C=O) groups excluding carboxylic acids is 1. The smallest absolute Gasteiger partial charge is 0.319 e. The number of carbonyl (C=O) groups is 2. The van der Waals surface area contributed by atoms with Crippen LogP contribution < -0.4 is 5.32 Å². The Labute approximate surface area is 120 Å². The van der Waals surface area contributed by atoms with Gasteiger partial charge in [-0.15, -0.1) is 0 Å². The minimum Gasteiger partial charge on any atom is -0.480 e. The Hall–Kier alpha value is -1.36. The number of benzene rings is 1. The lowest BCUT2D eigenvalue weighted by molar-refractivity contribution is -0.159. The molecule has 0 radical (unpaired) electrons. The van der Waals surface area contributed by atoms with Crippen molar-refractivity contribution < 1.29 is 14.7 Å². The van der Waals surface area contributed by atoms with Crippen LogP contribution in [0.4, 0.5) is 5.69 Å². The highest BCUT2D eigenvalue weighted by Gasteiger charge is 2.51. The number of aliphatic carboxylic acids is 1. The molecule has 4 nitrogen and oxygen atoms in total. The molecule has 0 unspecified atom stereocenters. The highest BCUT2D eigenvalue weighted by atomic mass is 79.9. The average Bonchev–Trinajstić information content (AvgIpc) is 2.20. The topological polar surface area (TPSA) is 66.4 Å². The molecule has 1 aliphatic carbocycles. The Kier molecular flexibility index (Phi) is 3.67. The van der Waals surface area contributed by atoms with Crippen molar-refractivity contribution in [2.75, 3.05) is 5.32 Å². The molecular formula is C14H16BrNO3. The van der Waals surface area contributed by atoms with E-state index in [4.69, 9.17) is 0 Å². The Balaban J connectivity index is 2.27. The number of hydrogen-bond donors (Lipinski definition) is 2. The molecule has 1 saturated carbocycles. The van der Waals surface area contributed by atoms with E-state index in [0.29, 0.717) is 18.5 Å². The van der Waals surface area contributed by atoms with Crippen molar-refractivity contribution in [2.45, 2.75) is 33.1 Å². The SMILES string of the molecule is Cc1cc(Br)cc(C)c1NC(=O)C1(C(=O)O)CCC1. The molecule has 1 fully saturated rings. The van der Waals surface area contributed by atoms with Gasteiger partial charge in [-0.1, -0.05) is 22.4 Å². The molecule has 0 aliphatic heterocycles. The summed E-state index contributed by atoms with van der Waals surface area (Å²) in [5.74, 6) is -1.43. The summed E-state index contributed by atoms with van der Waals surface area (Å²) in [6, 6.07) is 3.80. The van der Waals surface area contributed by atoms with Gasteiger partial charge in [-0.2, -0.15) is 0 Å². The van der Waals surface area contributed by atoms with Gasteiger partial charge in [-0.05, 0) is 49.9 Å². The minimum atomic E-state index is -1.23. The summed E-state index contributed by atoms with van der Waals surface area (Å²) in [7, 11) is 0. The zero-order valence-electron chi connectivity index (χ0n) is 10.9. The lowest BCUT2D eigenvalue weighted by Crippen LogP contribution is -2.48. The maximum absolute atomic E-state index is 12.2. The molecule has 19 heavy (non-hydrogen) atoms. The van der Waals surface area contributed by atoms with Gasteiger partial charge in [-0.3, -0.25) is 9.59 Å². The first-order valence-electron chi connectivity index (χ1n) is 6.18. The fourth-order valence-electron chi connectivity index (χ4n) is 2.41. The molecule has 0 spiro atoms. The number of rotatable bonds is 3. The Morgan fingerprint density at radius 2 is 1.79 bits per heavy atom. The maximum Gasteiger partial charge on any atom is 0.319 e. The summed E-state index contributed by atoms with van der Waals surface area (Å²) in [5.41, 5.74) is 1.31. The second-order valence-electron chi connectivity index (χ2n) is 5.11. The fourth-order valence-corrected chi connectivity index (χ4v) is 3.10. The first kappa shape index (κ1) is 14.1. The van der Waals surface area contributed by atoms with E-state index in [1.54, 1.807) is 0 Å². The molecule has 102 valence electrons. The summed E-state index contributed by atoms with van der Waals surface area (Å²) in [4.78, 5) is 23.5. The van der Waals surface area contributed by atoms with E-state index in [1.165, 1.54) is 0 Å². The molecule has 5 heteroatoms. The zero-order chi connectivity index (χ0) is 14.2. The van der Waals surface area contributed by atoms with Gasteiger partial charge in [0.1, 0.15) is 5.41 Å². The lowest BCUT2D eigenvalue weighted by atomic mass is 9.68. The normalized spacial score (nSPS) is 16.6. The summed E-state index contributed by atoms with van der Waals surface area (Å²) >= 11 is 3.39. The van der Waals surface area contributed by atoms with Crippen LogP contribution in [0.2, 0.25) is 0 Å². The van der Waals surface area contributed by atoms with E-state index in [0.717, 1.165) is 22.0 Å². The zero-order valence-corrected chi connectivity index (χ0v) is 12.5. The fraction of sp³-hybridized carbons (Fsp3) is 0.429. The van der Waals surface area contributed by atoms with Crippen LogP contribution in [0, 0.1) is 19.3 Å². The number of amides is 1. The average molecular weight is 326 g/mol. The van der Waals surface area contributed by atoms with E-state index in [2.05, 4.69) is 21.2 Å². The van der Waals surface area contributed by atoms with Gasteiger partial charge in [0.15, 0.2) is 0 Å². The number of anilines is 1. The van der Waals surface area contributed by atoms with E-state index < -0.39 is 17.3 Å². The number of nitrogens with one attached hydrogen (secondary N) is 1. The van der Waals surface area contributed by atoms with Crippen LogP contribution in [0.5, 0.6) is 0 Å². The van der Waals surface area contributed by atoms with Crippen molar-refractivity contribution in [1.82, 2.24) is 0 Å². The molecule has 1 aromatic carbocycles. The second-order valence-corrected chi connectivity index (χ2v) is 6.03. The second kappa shape index (κ2) is 4.96. The van der Waals surface area contributed by atoms with Crippen LogP contribution >= 0.6 is 15.9 Å². The molecule has 0 saturated heterocycles. The van der Waals surface area contributed by atoms with Crippen molar-refractivity contribution in [3.05, 3.63) is 27.7 Å². The summed E-state index contributed by atoms with van der Waals surface area (Å²) in [6.45, 7) is 3.78. The van der Waals surface area contributed by atoms with Crippen LogP contribution in [0.1, 0.15) is 30.4 Å². The third-order valence-electron chi connectivity index (χ3n) is 3.79. The molecule has 0 bridgehead atoms. The van der Waals surface area contributed by atoms with Crippen molar-refractivity contribution in [1.29, 1.82) is 0 Å². The molecule has 2 N–H and O–H groups in total. The predicted octanol–water partition coefficient (Wildman–Crippen LogP) is 3.26. The lowest BCUT2D eigenvalue weighted by Gasteiger charge is -2.36. The third-order valence-corrected chi connectivity index (χ3v) is 4.24. The van der Waals surface area contributed by atoms with Gasteiger partial charge in [-0.25, -0.2) is 0 Å². The summed E-state index contributed by atoms with van der Waals surface area (Å²) in [5, 5.41) is 12.0. The number of hydrogen-bond acceptors (Lipinski definition) is 2. The van der Waals surface area contributed by atoms with Crippen LogP contribution in [0.15, 0.2) is 16.6 Å². The van der Waals surface area contributed by atoms with Gasteiger partial charge in [0.05, 0.1) is 0 Å². The van der Waals surface area contributed by atoms with Crippen LogP contribution in [0.3, 0.4) is 0 Å². The van der Waals surface area contributed by atoms with Gasteiger partial charge in [0, 0.05) is 10.2 Å². The standard InChI is InChI=1S/C14H16BrNO3/c1-8-6-10(15)7-9(2)11(8)16-12(17)14(13(18)19)4-3-5-14/h6-7H,3-5H2,1-2H3,(H,16,17)(H,18,19). The molecule has 0 atom stereocenters. The third kappa shape index (κ3) is 2.39. The molecule has 1 aromatic rings. The quantitative estimate of drug-likeness (QED) is 0.838. The van der Waals surface area contributed by atoms with Gasteiger partial charge in [0.2, 0.25) is 5.91 Å². The van der Waals surface area contributed by atoms with Gasteiger partial charge < -0.3 is 10.4 Å². The van der Waals surface area contributed by atoms with E-state index >= 15 is 0 Å². The number of aryl methyl sites for hydroxylation is 2. The van der Waals surface area contributed by atoms with E-state index in [-0.39, 0.29) is 0 Å². The van der Waals surface area contributed by atoms with Gasteiger partial charge in [0.25, 0.3) is 0 Å². The highest BCUT2D eigenvalue weighted by molar-refractivity contribution is 9.10. The first-order chi connectivity index (χ1) is 8.86. The van der Waals surface area contributed by atoms with Gasteiger partial charge >= 0.3 is 5.97 Å². The van der Waals surface area contributed by atoms with Crippen LogP contribution in [-0.2, 0) is 9.59 Å². The van der Waals surface area contributed by atoms with E-state index in [1.807, 2.05) is 26.0 Å². The Morgan fingerprint density at radius 1 is 1.26 bits per heavy atom. The van der Waals surface area contributed by atoms with Crippen molar-refractivity contribution in [2.24, 2.45) is 5.41 Å². The van der Waals surface area contributed by atoms with Crippen molar-refractivity contribution in [3.63, 3.8) is 0 Å². The number of carboxylic acids is 1. The monoisotopic (exact) mass is 325 g/mol. The Morgan fingerprint density at radius 3 is 2.16 bits per heavy atom. The minimum absolute atomic E-state index is 0.403. The van der Waals surface area contributed by atoms with E-state index in [9.17, 15) is 14.7 Å². The highest BCUT2D eigenvalue weighted by Crippen LogP contribution is 2.42. The molecule has 0 heterocycles. The molecule has 1 amide bonds. The largest absolute Gasteiger partial charge is 0.480 e. The molecule has 1 aliphatic rings. The van der Waals surface area contributed by atoms with Crippen LogP contribution in [-0.4, -0.2) is 17.0 Å². The van der Waals surface area contributed by atoms with Crippen molar-refractivity contribution in [3.8, 4) is 0 Å². The molecular weight excluding hydrogens is 310 g/mol. The first-order valence-corrected chi connectivity index (χ1v) is 6.98. The maximum atomic E-state index is 12.2. The van der Waals surface area contributed by atoms with Crippen molar-refractivity contribution >= 4 is 33.5 Å². The number of carboxylic acid groups (broad SMARTS) is 1. The Bertz CT molecular complexity index is 527. The predicted molar refractivity (Wildman–Crippen MR) is 76.2 cm³/mol.